The van der Waals surface area contributed by atoms with Crippen molar-refractivity contribution in [1.82, 2.24) is 10.3 Å². The lowest BCUT2D eigenvalue weighted by Gasteiger charge is -2.21. The summed E-state index contributed by atoms with van der Waals surface area (Å²) in [6.45, 7) is 7.82. The van der Waals surface area contributed by atoms with Gasteiger partial charge in [0.25, 0.3) is 0 Å². The summed E-state index contributed by atoms with van der Waals surface area (Å²) in [4.78, 5) is 51.8. The monoisotopic (exact) mass is 413 g/mol. The number of aromatic amines is 1. The molecule has 0 fully saturated rings. The van der Waals surface area contributed by atoms with Crippen molar-refractivity contribution in [3.05, 3.63) is 52.8 Å². The first-order valence-corrected chi connectivity index (χ1v) is 9.64. The molecule has 0 saturated carbocycles. The van der Waals surface area contributed by atoms with Gasteiger partial charge in [0.1, 0.15) is 6.04 Å². The molecule has 1 atom stereocenters. The Morgan fingerprint density at radius 1 is 1.07 bits per heavy atom. The Balaban J connectivity index is 2.00. The zero-order valence-corrected chi connectivity index (χ0v) is 17.8. The van der Waals surface area contributed by atoms with Gasteiger partial charge in [0.2, 0.25) is 5.78 Å². The predicted octanol–water partition coefficient (Wildman–Crippen LogP) is 3.41. The predicted molar refractivity (Wildman–Crippen MR) is 113 cm³/mol. The third-order valence-corrected chi connectivity index (χ3v) is 4.65. The van der Waals surface area contributed by atoms with Crippen LogP contribution in [0.25, 0.3) is 0 Å². The standard InChI is InChI=1S/C22H27N3O5/c1-12(2)19(25-22(29)24-16-9-7-6-8-10-16)21(28)30-11-17(27)20-13(3)18(15(5)26)14(4)23-20/h6-10,12,19,23H,11H2,1-5H3,(H2,24,25,29)/t19-/m1/s1. The van der Waals surface area contributed by atoms with Crippen LogP contribution in [0.3, 0.4) is 0 Å². The van der Waals surface area contributed by atoms with Gasteiger partial charge in [0.05, 0.1) is 5.69 Å². The topological polar surface area (TPSA) is 117 Å². The molecule has 2 amide bonds. The molecule has 0 aliphatic rings. The van der Waals surface area contributed by atoms with Crippen molar-refractivity contribution in [2.75, 3.05) is 11.9 Å². The van der Waals surface area contributed by atoms with Crippen LogP contribution in [-0.2, 0) is 9.53 Å². The van der Waals surface area contributed by atoms with Crippen LogP contribution in [0.1, 0.15) is 52.9 Å². The maximum Gasteiger partial charge on any atom is 0.329 e. The van der Waals surface area contributed by atoms with Crippen LogP contribution < -0.4 is 10.6 Å². The summed E-state index contributed by atoms with van der Waals surface area (Å²) in [5, 5.41) is 5.22. The second-order valence-electron chi connectivity index (χ2n) is 7.40. The molecule has 2 rings (SSSR count). The van der Waals surface area contributed by atoms with Crippen molar-refractivity contribution in [3.8, 4) is 0 Å². The highest BCUT2D eigenvalue weighted by Crippen LogP contribution is 2.19. The van der Waals surface area contributed by atoms with Gasteiger partial charge in [-0.3, -0.25) is 9.59 Å². The van der Waals surface area contributed by atoms with Crippen molar-refractivity contribution in [3.63, 3.8) is 0 Å². The zero-order chi connectivity index (χ0) is 22.4. The number of ketones is 2. The lowest BCUT2D eigenvalue weighted by Crippen LogP contribution is -2.47. The Labute approximate surface area is 175 Å². The number of urea groups is 1. The quantitative estimate of drug-likeness (QED) is 0.453. The lowest BCUT2D eigenvalue weighted by molar-refractivity contribution is -0.145. The van der Waals surface area contributed by atoms with E-state index in [4.69, 9.17) is 4.74 Å². The molecule has 0 radical (unpaired) electrons. The molecular weight excluding hydrogens is 386 g/mol. The molecule has 0 unspecified atom stereocenters. The molecule has 1 heterocycles. The minimum atomic E-state index is -0.930. The molecule has 0 spiro atoms. The summed E-state index contributed by atoms with van der Waals surface area (Å²) in [5.74, 6) is -1.57. The molecule has 1 aromatic heterocycles. The van der Waals surface area contributed by atoms with E-state index in [1.165, 1.54) is 6.92 Å². The van der Waals surface area contributed by atoms with E-state index in [9.17, 15) is 19.2 Å². The molecule has 0 aliphatic carbocycles. The number of hydrogen-bond donors (Lipinski definition) is 3. The van der Waals surface area contributed by atoms with Gasteiger partial charge >= 0.3 is 12.0 Å². The minimum Gasteiger partial charge on any atom is -0.456 e. The highest BCUT2D eigenvalue weighted by atomic mass is 16.5. The van der Waals surface area contributed by atoms with E-state index < -0.39 is 30.4 Å². The summed E-state index contributed by atoms with van der Waals surface area (Å²) in [5.41, 5.74) is 2.40. The van der Waals surface area contributed by atoms with Crippen molar-refractivity contribution < 1.29 is 23.9 Å². The summed E-state index contributed by atoms with van der Waals surface area (Å²) in [6.07, 6.45) is 0. The number of Topliss-reactive ketones (excluding diaryl/α,β-unsaturated/α-hetero) is 2. The second kappa shape index (κ2) is 9.87. The number of hydrogen-bond acceptors (Lipinski definition) is 5. The number of carbonyl (C=O) groups is 4. The third-order valence-electron chi connectivity index (χ3n) is 4.65. The molecule has 8 heteroatoms. The summed E-state index contributed by atoms with van der Waals surface area (Å²) < 4.78 is 5.16. The third kappa shape index (κ3) is 5.56. The number of H-pyrrole nitrogens is 1. The average Bonchev–Trinajstić information content (AvgIpc) is 2.98. The largest absolute Gasteiger partial charge is 0.456 e. The van der Waals surface area contributed by atoms with Crippen molar-refractivity contribution >= 4 is 29.3 Å². The summed E-state index contributed by atoms with van der Waals surface area (Å²) >= 11 is 0. The number of nitrogens with one attached hydrogen (secondary N) is 3. The van der Waals surface area contributed by atoms with E-state index in [-0.39, 0.29) is 17.4 Å². The van der Waals surface area contributed by atoms with Crippen LogP contribution in [0.15, 0.2) is 30.3 Å². The average molecular weight is 413 g/mol. The molecule has 30 heavy (non-hydrogen) atoms. The fraction of sp³-hybridized carbons (Fsp3) is 0.364. The number of aryl methyl sites for hydroxylation is 1. The highest BCUT2D eigenvalue weighted by Gasteiger charge is 2.27. The van der Waals surface area contributed by atoms with Gasteiger partial charge in [-0.25, -0.2) is 9.59 Å². The summed E-state index contributed by atoms with van der Waals surface area (Å²) in [6, 6.07) is 7.33. The summed E-state index contributed by atoms with van der Waals surface area (Å²) in [7, 11) is 0. The molecule has 8 nitrogen and oxygen atoms in total. The fourth-order valence-corrected chi connectivity index (χ4v) is 3.18. The molecule has 0 saturated heterocycles. The van der Waals surface area contributed by atoms with E-state index in [1.807, 2.05) is 6.07 Å². The van der Waals surface area contributed by atoms with Gasteiger partial charge in [0.15, 0.2) is 12.4 Å². The first-order chi connectivity index (χ1) is 14.1. The van der Waals surface area contributed by atoms with E-state index in [2.05, 4.69) is 15.6 Å². The molecule has 0 aliphatic heterocycles. The molecule has 2 aromatic rings. The molecule has 0 bridgehead atoms. The number of rotatable bonds is 8. The number of para-hydroxylation sites is 1. The number of carbonyl (C=O) groups excluding carboxylic acids is 4. The Hall–Kier alpha value is -3.42. The molecule has 160 valence electrons. The normalized spacial score (nSPS) is 11.7. The van der Waals surface area contributed by atoms with E-state index >= 15 is 0 Å². The van der Waals surface area contributed by atoms with Gasteiger partial charge in [-0.15, -0.1) is 0 Å². The number of aromatic nitrogens is 1. The Kier molecular flexibility index (Phi) is 7.52. The van der Waals surface area contributed by atoms with Gasteiger partial charge < -0.3 is 20.4 Å². The lowest BCUT2D eigenvalue weighted by atomic mass is 10.0. The number of ether oxygens (including phenoxy) is 1. The molecule has 3 N–H and O–H groups in total. The van der Waals surface area contributed by atoms with E-state index in [0.717, 1.165) is 0 Å². The van der Waals surface area contributed by atoms with Crippen LogP contribution in [0.4, 0.5) is 10.5 Å². The Bertz CT molecular complexity index is 947. The maximum atomic E-state index is 12.5. The first-order valence-electron chi connectivity index (χ1n) is 9.64. The first kappa shape index (κ1) is 22.9. The maximum absolute atomic E-state index is 12.5. The van der Waals surface area contributed by atoms with Crippen LogP contribution in [-0.4, -0.2) is 41.2 Å². The number of benzene rings is 1. The number of amides is 2. The van der Waals surface area contributed by atoms with Gasteiger partial charge in [-0.2, -0.15) is 0 Å². The Morgan fingerprint density at radius 3 is 2.23 bits per heavy atom. The molecular formula is C22H27N3O5. The van der Waals surface area contributed by atoms with E-state index in [0.29, 0.717) is 22.5 Å². The van der Waals surface area contributed by atoms with Crippen LogP contribution in [0.5, 0.6) is 0 Å². The van der Waals surface area contributed by atoms with Gasteiger partial charge in [-0.1, -0.05) is 32.0 Å². The van der Waals surface area contributed by atoms with Gasteiger partial charge in [0, 0.05) is 16.9 Å². The van der Waals surface area contributed by atoms with Crippen molar-refractivity contribution in [1.29, 1.82) is 0 Å². The smallest absolute Gasteiger partial charge is 0.329 e. The Morgan fingerprint density at radius 2 is 1.70 bits per heavy atom. The van der Waals surface area contributed by atoms with E-state index in [1.54, 1.807) is 52.0 Å². The minimum absolute atomic E-state index is 0.147. The van der Waals surface area contributed by atoms with Crippen LogP contribution in [0, 0.1) is 19.8 Å². The SMILES string of the molecule is CC(=O)c1c(C)[nH]c(C(=O)COC(=O)[C@H](NC(=O)Nc2ccccc2)C(C)C)c1C. The number of anilines is 1. The van der Waals surface area contributed by atoms with Crippen molar-refractivity contribution in [2.45, 2.75) is 40.7 Å². The van der Waals surface area contributed by atoms with Crippen LogP contribution >= 0.6 is 0 Å². The van der Waals surface area contributed by atoms with Crippen molar-refractivity contribution in [2.24, 2.45) is 5.92 Å². The van der Waals surface area contributed by atoms with Crippen LogP contribution in [0.2, 0.25) is 0 Å². The molecule has 1 aromatic carbocycles. The van der Waals surface area contributed by atoms with Gasteiger partial charge in [-0.05, 0) is 44.4 Å². The second-order valence-corrected chi connectivity index (χ2v) is 7.40. The highest BCUT2D eigenvalue weighted by molar-refractivity contribution is 6.04. The number of esters is 1. The zero-order valence-electron chi connectivity index (χ0n) is 17.8. The fourth-order valence-electron chi connectivity index (χ4n) is 3.18.